The third-order valence-corrected chi connectivity index (χ3v) is 7.42. The number of ether oxygens (including phenoxy) is 2. The van der Waals surface area contributed by atoms with Gasteiger partial charge in [-0.15, -0.1) is 0 Å². The zero-order valence-corrected chi connectivity index (χ0v) is 20.0. The highest BCUT2D eigenvalue weighted by atomic mass is 19.2. The Hall–Kier alpha value is -2.79. The Morgan fingerprint density at radius 3 is 2.17 bits per heavy atom. The van der Waals surface area contributed by atoms with E-state index in [2.05, 4.69) is 6.92 Å². The van der Waals surface area contributed by atoms with Crippen molar-refractivity contribution in [3.63, 3.8) is 0 Å². The molecule has 5 heteroatoms. The molecule has 1 saturated carbocycles. The van der Waals surface area contributed by atoms with Crippen LogP contribution in [-0.4, -0.2) is 6.61 Å². The van der Waals surface area contributed by atoms with Gasteiger partial charge in [-0.1, -0.05) is 62.2 Å². The summed E-state index contributed by atoms with van der Waals surface area (Å²) in [7, 11) is 0. The minimum atomic E-state index is -0.912. The molecule has 0 amide bonds. The molecule has 1 saturated heterocycles. The second-order valence-corrected chi connectivity index (χ2v) is 9.83. The molecule has 1 aliphatic carbocycles. The van der Waals surface area contributed by atoms with E-state index in [4.69, 9.17) is 9.47 Å². The number of epoxide rings is 1. The van der Waals surface area contributed by atoms with Crippen LogP contribution in [0.5, 0.6) is 5.75 Å². The van der Waals surface area contributed by atoms with Gasteiger partial charge in [-0.05, 0) is 71.9 Å². The summed E-state index contributed by atoms with van der Waals surface area (Å²) in [5.74, 6) is -1.24. The van der Waals surface area contributed by atoms with Gasteiger partial charge in [-0.2, -0.15) is 4.39 Å². The van der Waals surface area contributed by atoms with Gasteiger partial charge >= 0.3 is 0 Å². The lowest BCUT2D eigenvalue weighted by Crippen LogP contribution is -2.15. The molecule has 0 spiro atoms. The van der Waals surface area contributed by atoms with E-state index in [0.717, 1.165) is 42.4 Å². The predicted molar refractivity (Wildman–Crippen MR) is 131 cm³/mol. The van der Waals surface area contributed by atoms with Crippen LogP contribution in [-0.2, 0) is 11.3 Å². The van der Waals surface area contributed by atoms with Crippen molar-refractivity contribution < 1.29 is 22.6 Å². The van der Waals surface area contributed by atoms with Gasteiger partial charge < -0.3 is 9.47 Å². The minimum Gasteiger partial charge on any atom is -0.486 e. The molecule has 1 atom stereocenters. The zero-order chi connectivity index (χ0) is 24.4. The van der Waals surface area contributed by atoms with Gasteiger partial charge in [-0.3, -0.25) is 0 Å². The van der Waals surface area contributed by atoms with Crippen LogP contribution in [0.2, 0.25) is 0 Å². The van der Waals surface area contributed by atoms with Crippen molar-refractivity contribution in [3.8, 4) is 16.9 Å². The normalized spacial score (nSPS) is 21.7. The molecule has 2 fully saturated rings. The summed E-state index contributed by atoms with van der Waals surface area (Å²) in [6.07, 6.45) is 6.26. The van der Waals surface area contributed by atoms with Gasteiger partial charge in [0, 0.05) is 5.56 Å². The number of hydrogen-bond acceptors (Lipinski definition) is 2. The first-order valence-electron chi connectivity index (χ1n) is 12.6. The molecule has 2 aliphatic rings. The van der Waals surface area contributed by atoms with Crippen LogP contribution in [0, 0.1) is 23.4 Å². The average molecular weight is 481 g/mol. The van der Waals surface area contributed by atoms with Crippen LogP contribution in [0.4, 0.5) is 13.2 Å². The number of benzene rings is 3. The fourth-order valence-electron chi connectivity index (χ4n) is 5.29. The molecule has 1 aliphatic heterocycles. The molecular formula is C30H31F3O2. The summed E-state index contributed by atoms with van der Waals surface area (Å²) in [4.78, 5) is 0. The van der Waals surface area contributed by atoms with Crippen molar-refractivity contribution >= 4 is 0 Å². The summed E-state index contributed by atoms with van der Waals surface area (Å²) in [5, 5.41) is 0. The van der Waals surface area contributed by atoms with E-state index in [1.54, 1.807) is 18.2 Å². The molecule has 3 aromatic rings. The van der Waals surface area contributed by atoms with Crippen LogP contribution in [0.25, 0.3) is 11.1 Å². The van der Waals surface area contributed by atoms with Crippen LogP contribution < -0.4 is 4.74 Å². The first-order valence-corrected chi connectivity index (χ1v) is 12.6. The highest BCUT2D eigenvalue weighted by molar-refractivity contribution is 5.64. The Balaban J connectivity index is 1.21. The highest BCUT2D eigenvalue weighted by Crippen LogP contribution is 2.40. The smallest absolute Gasteiger partial charge is 0.200 e. The fourth-order valence-corrected chi connectivity index (χ4v) is 5.29. The molecule has 35 heavy (non-hydrogen) atoms. The van der Waals surface area contributed by atoms with Crippen molar-refractivity contribution in [1.82, 2.24) is 0 Å². The summed E-state index contributed by atoms with van der Waals surface area (Å²) in [6.45, 7) is 2.88. The molecule has 2 nitrogen and oxygen atoms in total. The highest BCUT2D eigenvalue weighted by Gasteiger charge is 2.28. The van der Waals surface area contributed by atoms with Gasteiger partial charge in [0.2, 0.25) is 5.82 Å². The molecule has 1 unspecified atom stereocenters. The molecule has 0 radical (unpaired) electrons. The van der Waals surface area contributed by atoms with E-state index in [1.807, 2.05) is 30.3 Å². The molecule has 0 aromatic heterocycles. The summed E-state index contributed by atoms with van der Waals surface area (Å²) in [5.41, 5.74) is 3.51. The summed E-state index contributed by atoms with van der Waals surface area (Å²) in [6, 6.07) is 15.8. The summed E-state index contributed by atoms with van der Waals surface area (Å²) < 4.78 is 54.8. The first kappa shape index (κ1) is 23.9. The molecular weight excluding hydrogens is 449 g/mol. The molecule has 0 N–H and O–H groups in total. The minimum absolute atomic E-state index is 0.0741. The SMILES string of the molecule is CCCC1CCC(c2ccc(OCc3ccc(-c4ccc(C5CO5)c(F)c4)cc3)c(F)c2F)CC1. The lowest BCUT2D eigenvalue weighted by molar-refractivity contribution is 0.279. The largest absolute Gasteiger partial charge is 0.486 e. The van der Waals surface area contributed by atoms with Crippen LogP contribution in [0.15, 0.2) is 54.6 Å². The predicted octanol–water partition coefficient (Wildman–Crippen LogP) is 8.50. The van der Waals surface area contributed by atoms with Gasteiger partial charge in [0.15, 0.2) is 11.6 Å². The van der Waals surface area contributed by atoms with E-state index < -0.39 is 11.6 Å². The maximum atomic E-state index is 14.9. The van der Waals surface area contributed by atoms with Crippen LogP contribution in [0.3, 0.4) is 0 Å². The van der Waals surface area contributed by atoms with E-state index in [1.165, 1.54) is 18.9 Å². The Kier molecular flexibility index (Phi) is 7.14. The van der Waals surface area contributed by atoms with E-state index >= 15 is 0 Å². The Morgan fingerprint density at radius 1 is 0.829 bits per heavy atom. The third kappa shape index (κ3) is 5.40. The number of hydrogen-bond donors (Lipinski definition) is 0. The lowest BCUT2D eigenvalue weighted by Gasteiger charge is -2.29. The van der Waals surface area contributed by atoms with Gasteiger partial charge in [-0.25, -0.2) is 8.78 Å². The molecule has 0 bridgehead atoms. The van der Waals surface area contributed by atoms with Crippen molar-refractivity contribution in [2.45, 2.75) is 64.1 Å². The zero-order valence-electron chi connectivity index (χ0n) is 20.0. The molecule has 184 valence electrons. The van der Waals surface area contributed by atoms with Gasteiger partial charge in [0.1, 0.15) is 18.5 Å². The standard InChI is InChI=1S/C30H31F3O2/c1-2-3-19-4-10-22(11-5-19)24-14-15-27(30(33)29(24)32)34-17-20-6-8-21(9-7-20)23-12-13-25(26(31)16-23)28-18-35-28/h6-9,12-16,19,22,28H,2-5,10-11,17-18H2,1H3. The summed E-state index contributed by atoms with van der Waals surface area (Å²) >= 11 is 0. The maximum Gasteiger partial charge on any atom is 0.200 e. The fraction of sp³-hybridized carbons (Fsp3) is 0.400. The van der Waals surface area contributed by atoms with Crippen molar-refractivity contribution in [2.24, 2.45) is 5.92 Å². The first-order chi connectivity index (χ1) is 17.0. The Bertz CT molecular complexity index is 1160. The second-order valence-electron chi connectivity index (χ2n) is 9.83. The topological polar surface area (TPSA) is 21.8 Å². The maximum absolute atomic E-state index is 14.9. The quantitative estimate of drug-likeness (QED) is 0.302. The van der Waals surface area contributed by atoms with Crippen molar-refractivity contribution in [1.29, 1.82) is 0 Å². The van der Waals surface area contributed by atoms with E-state index in [9.17, 15) is 13.2 Å². The Morgan fingerprint density at radius 2 is 1.51 bits per heavy atom. The van der Waals surface area contributed by atoms with E-state index in [0.29, 0.717) is 23.7 Å². The lowest BCUT2D eigenvalue weighted by atomic mass is 9.77. The monoisotopic (exact) mass is 480 g/mol. The molecule has 5 rings (SSSR count). The number of rotatable bonds is 8. The second kappa shape index (κ2) is 10.4. The van der Waals surface area contributed by atoms with Crippen LogP contribution >= 0.6 is 0 Å². The van der Waals surface area contributed by atoms with Crippen molar-refractivity contribution in [2.75, 3.05) is 6.61 Å². The number of halogens is 3. The molecule has 1 heterocycles. The molecule has 3 aromatic carbocycles. The van der Waals surface area contributed by atoms with Crippen LogP contribution in [0.1, 0.15) is 74.2 Å². The Labute approximate surface area is 205 Å². The van der Waals surface area contributed by atoms with Gasteiger partial charge in [0.05, 0.1) is 6.61 Å². The van der Waals surface area contributed by atoms with E-state index in [-0.39, 0.29) is 30.2 Å². The average Bonchev–Trinajstić information content (AvgIpc) is 3.71. The third-order valence-electron chi connectivity index (χ3n) is 7.42. The van der Waals surface area contributed by atoms with Gasteiger partial charge in [0.25, 0.3) is 0 Å². The van der Waals surface area contributed by atoms with Crippen molar-refractivity contribution in [3.05, 3.63) is 88.7 Å².